The lowest BCUT2D eigenvalue weighted by atomic mass is 10.8. The van der Waals surface area contributed by atoms with Crippen molar-refractivity contribution in [1.29, 1.82) is 0 Å². The molecule has 6 heavy (non-hydrogen) atoms. The fourth-order valence-electron chi connectivity index (χ4n) is 0.173. The summed E-state index contributed by atoms with van der Waals surface area (Å²) in [6, 6.07) is 0. The average Bonchev–Trinajstić information content (AvgIpc) is 1.86. The lowest BCUT2D eigenvalue weighted by Crippen LogP contribution is -1.89. The maximum atomic E-state index is 9.99. The molecule has 0 N–H and O–H groups in total. The van der Waals surface area contributed by atoms with Crippen molar-refractivity contribution in [2.75, 3.05) is 6.61 Å². The molecule has 1 saturated heterocycles. The highest BCUT2D eigenvalue weighted by Gasteiger charge is 2.11. The zero-order valence-electron chi connectivity index (χ0n) is 2.88. The number of carbonyl (C=O) groups is 1. The molecule has 1 aliphatic rings. The van der Waals surface area contributed by atoms with Crippen LogP contribution in [0.25, 0.3) is 0 Å². The Morgan fingerprint density at radius 3 is 3.00 bits per heavy atom. The molecular formula is C2H2NO2S. The van der Waals surface area contributed by atoms with Crippen molar-refractivity contribution in [3.63, 3.8) is 0 Å². The van der Waals surface area contributed by atoms with Crippen molar-refractivity contribution >= 4 is 17.1 Å². The van der Waals surface area contributed by atoms with Crippen molar-refractivity contribution < 1.29 is 9.63 Å². The second kappa shape index (κ2) is 1.59. The summed E-state index contributed by atoms with van der Waals surface area (Å²) >= 11 is 0.861. The van der Waals surface area contributed by atoms with Crippen molar-refractivity contribution in [3.05, 3.63) is 0 Å². The fourth-order valence-corrected chi connectivity index (χ4v) is 0.467. The molecule has 33 valence electrons. The SMILES string of the molecule is O=C1CO[N]S1. The minimum Gasteiger partial charge on any atom is -0.283 e. The quantitative estimate of drug-likeness (QED) is 0.396. The van der Waals surface area contributed by atoms with Gasteiger partial charge in [-0.1, -0.05) is 0 Å². The van der Waals surface area contributed by atoms with Crippen LogP contribution in [-0.4, -0.2) is 11.7 Å². The molecule has 0 aromatic carbocycles. The van der Waals surface area contributed by atoms with Gasteiger partial charge in [0.05, 0.1) is 0 Å². The molecule has 4 heteroatoms. The minimum atomic E-state index is -0.0185. The van der Waals surface area contributed by atoms with Crippen LogP contribution in [0, 0.1) is 0 Å². The molecule has 1 heterocycles. The van der Waals surface area contributed by atoms with E-state index in [9.17, 15) is 4.79 Å². The van der Waals surface area contributed by atoms with E-state index in [4.69, 9.17) is 0 Å². The van der Waals surface area contributed by atoms with Crippen LogP contribution in [0.2, 0.25) is 0 Å². The van der Waals surface area contributed by atoms with Gasteiger partial charge in [-0.25, -0.2) is 0 Å². The Morgan fingerprint density at radius 1 is 2.00 bits per heavy atom. The van der Waals surface area contributed by atoms with Crippen LogP contribution < -0.4 is 4.89 Å². The van der Waals surface area contributed by atoms with Crippen LogP contribution in [-0.2, 0) is 9.63 Å². The van der Waals surface area contributed by atoms with Gasteiger partial charge in [0.2, 0.25) is 5.12 Å². The molecule has 1 rings (SSSR count). The van der Waals surface area contributed by atoms with Crippen LogP contribution in [0.4, 0.5) is 0 Å². The third-order valence-corrected chi connectivity index (χ3v) is 0.876. The van der Waals surface area contributed by atoms with Gasteiger partial charge in [-0.2, -0.15) is 0 Å². The average molecular weight is 104 g/mol. The normalized spacial score (nSPS) is 22.3. The Hall–Kier alpha value is -0.0600. The standard InChI is InChI=1S/C2H2NO2S/c4-2-1-5-3-6-2/h1H2. The van der Waals surface area contributed by atoms with Crippen molar-refractivity contribution in [2.45, 2.75) is 0 Å². The first-order valence-electron chi connectivity index (χ1n) is 1.42. The van der Waals surface area contributed by atoms with Gasteiger partial charge >= 0.3 is 0 Å². The van der Waals surface area contributed by atoms with Crippen LogP contribution in [0.15, 0.2) is 0 Å². The Bertz CT molecular complexity index is 65.9. The lowest BCUT2D eigenvalue weighted by Gasteiger charge is -1.70. The molecule has 0 atom stereocenters. The summed E-state index contributed by atoms with van der Waals surface area (Å²) in [6.45, 7) is 0.144. The van der Waals surface area contributed by atoms with E-state index >= 15 is 0 Å². The van der Waals surface area contributed by atoms with E-state index in [2.05, 4.69) is 9.72 Å². The van der Waals surface area contributed by atoms with Gasteiger partial charge in [-0.05, 0) is 4.89 Å². The highest BCUT2D eigenvalue weighted by Crippen LogP contribution is 2.04. The Labute approximate surface area is 39.1 Å². The zero-order chi connectivity index (χ0) is 4.41. The van der Waals surface area contributed by atoms with E-state index in [0.29, 0.717) is 0 Å². The largest absolute Gasteiger partial charge is 0.283 e. The van der Waals surface area contributed by atoms with Crippen LogP contribution in [0.3, 0.4) is 0 Å². The van der Waals surface area contributed by atoms with Crippen molar-refractivity contribution in [1.82, 2.24) is 4.89 Å². The second-order valence-electron chi connectivity index (χ2n) is 0.811. The third-order valence-electron chi connectivity index (χ3n) is 0.374. The molecule has 0 unspecified atom stereocenters. The molecule has 0 saturated carbocycles. The second-order valence-corrected chi connectivity index (χ2v) is 1.60. The van der Waals surface area contributed by atoms with Gasteiger partial charge in [0.25, 0.3) is 0 Å². The smallest absolute Gasteiger partial charge is 0.235 e. The monoisotopic (exact) mass is 104 g/mol. The number of hydrogen-bond acceptors (Lipinski definition) is 3. The predicted molar refractivity (Wildman–Crippen MR) is 20.7 cm³/mol. The van der Waals surface area contributed by atoms with Crippen LogP contribution >= 0.6 is 11.9 Å². The van der Waals surface area contributed by atoms with Crippen molar-refractivity contribution in [2.24, 2.45) is 0 Å². The fraction of sp³-hybridized carbons (Fsp3) is 0.500. The van der Waals surface area contributed by atoms with Crippen LogP contribution in [0.1, 0.15) is 0 Å². The summed E-state index contributed by atoms with van der Waals surface area (Å²) in [6.07, 6.45) is 0. The topological polar surface area (TPSA) is 40.4 Å². The van der Waals surface area contributed by atoms with Gasteiger partial charge < -0.3 is 0 Å². The lowest BCUT2D eigenvalue weighted by molar-refractivity contribution is -0.113. The van der Waals surface area contributed by atoms with Gasteiger partial charge in [-0.15, -0.1) is 0 Å². The Morgan fingerprint density at radius 2 is 2.83 bits per heavy atom. The molecule has 0 aromatic rings. The summed E-state index contributed by atoms with van der Waals surface area (Å²) in [5.41, 5.74) is 0. The first-order valence-corrected chi connectivity index (χ1v) is 2.19. The summed E-state index contributed by atoms with van der Waals surface area (Å²) < 4.78 is 0. The molecule has 0 spiro atoms. The third kappa shape index (κ3) is 0.707. The molecule has 0 bridgehead atoms. The van der Waals surface area contributed by atoms with Gasteiger partial charge in [0.1, 0.15) is 6.61 Å². The van der Waals surface area contributed by atoms with E-state index in [1.54, 1.807) is 0 Å². The maximum Gasteiger partial charge on any atom is 0.235 e. The highest BCUT2D eigenvalue weighted by atomic mass is 32.2. The van der Waals surface area contributed by atoms with Crippen LogP contribution in [0.5, 0.6) is 0 Å². The molecule has 3 nitrogen and oxygen atoms in total. The number of carbonyl (C=O) groups excluding carboxylic acids is 1. The summed E-state index contributed by atoms with van der Waals surface area (Å²) in [4.78, 5) is 17.5. The van der Waals surface area contributed by atoms with Gasteiger partial charge in [0, 0.05) is 11.9 Å². The number of hydrogen-bond donors (Lipinski definition) is 0. The van der Waals surface area contributed by atoms with E-state index in [-0.39, 0.29) is 11.7 Å². The molecule has 0 aromatic heterocycles. The highest BCUT2D eigenvalue weighted by molar-refractivity contribution is 8.12. The summed E-state index contributed by atoms with van der Waals surface area (Å²) in [7, 11) is 0. The number of nitrogens with zero attached hydrogens (tertiary/aromatic N) is 1. The predicted octanol–water partition coefficient (Wildman–Crippen LogP) is -0.289. The first-order chi connectivity index (χ1) is 2.89. The van der Waals surface area contributed by atoms with E-state index in [1.807, 2.05) is 0 Å². The molecule has 1 fully saturated rings. The minimum absolute atomic E-state index is 0.0185. The van der Waals surface area contributed by atoms with Gasteiger partial charge in [0.15, 0.2) is 0 Å². The maximum absolute atomic E-state index is 9.99. The Balaban J connectivity index is 2.37. The zero-order valence-corrected chi connectivity index (χ0v) is 3.70. The van der Waals surface area contributed by atoms with Gasteiger partial charge in [-0.3, -0.25) is 9.63 Å². The van der Waals surface area contributed by atoms with Crippen molar-refractivity contribution in [3.8, 4) is 0 Å². The molecule has 1 radical (unpaired) electrons. The number of rotatable bonds is 0. The Kier molecular flexibility index (Phi) is 1.09. The van der Waals surface area contributed by atoms with E-state index < -0.39 is 0 Å². The molecule has 0 aliphatic carbocycles. The molecule has 0 amide bonds. The van der Waals surface area contributed by atoms with E-state index in [0.717, 1.165) is 11.9 Å². The summed E-state index contributed by atoms with van der Waals surface area (Å²) in [5, 5.41) is -0.0185. The molecular weight excluding hydrogens is 102 g/mol. The van der Waals surface area contributed by atoms with E-state index in [1.165, 1.54) is 0 Å². The first kappa shape index (κ1) is 4.11. The summed E-state index contributed by atoms with van der Waals surface area (Å²) in [5.74, 6) is 0. The molecule has 1 aliphatic heterocycles.